The highest BCUT2D eigenvalue weighted by molar-refractivity contribution is 5.67. The van der Waals surface area contributed by atoms with Gasteiger partial charge in [0.15, 0.2) is 0 Å². The zero-order valence-corrected chi connectivity index (χ0v) is 12.4. The van der Waals surface area contributed by atoms with Crippen LogP contribution in [0.25, 0.3) is 5.57 Å². The van der Waals surface area contributed by atoms with Gasteiger partial charge in [0.05, 0.1) is 6.10 Å². The Kier molecular flexibility index (Phi) is 5.97. The normalized spacial score (nSPS) is 13.8. The van der Waals surface area contributed by atoms with Gasteiger partial charge in [0.25, 0.3) is 0 Å². The van der Waals surface area contributed by atoms with E-state index in [1.54, 1.807) is 0 Å². The second-order valence-corrected chi connectivity index (χ2v) is 5.08. The van der Waals surface area contributed by atoms with Crippen LogP contribution in [0.3, 0.4) is 0 Å². The van der Waals surface area contributed by atoms with E-state index in [0.29, 0.717) is 5.92 Å². The van der Waals surface area contributed by atoms with E-state index in [1.807, 2.05) is 0 Å². The number of rotatable bonds is 6. The molecule has 100 valence electrons. The molecule has 0 bridgehead atoms. The van der Waals surface area contributed by atoms with Crippen LogP contribution in [-0.4, -0.2) is 6.10 Å². The van der Waals surface area contributed by atoms with Crippen molar-refractivity contribution < 1.29 is 4.74 Å². The van der Waals surface area contributed by atoms with Crippen molar-refractivity contribution in [3.05, 3.63) is 35.9 Å². The quantitative estimate of drug-likeness (QED) is 0.660. The van der Waals surface area contributed by atoms with Gasteiger partial charge in [-0.15, -0.1) is 0 Å². The van der Waals surface area contributed by atoms with Gasteiger partial charge in [-0.25, -0.2) is 0 Å². The van der Waals surface area contributed by atoms with Gasteiger partial charge in [-0.3, -0.25) is 0 Å². The lowest BCUT2D eigenvalue weighted by Crippen LogP contribution is -2.09. The van der Waals surface area contributed by atoms with Crippen LogP contribution in [0.1, 0.15) is 53.0 Å². The summed E-state index contributed by atoms with van der Waals surface area (Å²) in [7, 11) is 0. The molecule has 0 spiro atoms. The van der Waals surface area contributed by atoms with Crippen LogP contribution in [0.5, 0.6) is 5.75 Å². The van der Waals surface area contributed by atoms with E-state index in [9.17, 15) is 0 Å². The average Bonchev–Trinajstić information content (AvgIpc) is 2.36. The molecule has 0 saturated heterocycles. The van der Waals surface area contributed by atoms with Crippen molar-refractivity contribution in [3.63, 3.8) is 0 Å². The first-order valence-corrected chi connectivity index (χ1v) is 7.05. The van der Waals surface area contributed by atoms with E-state index in [1.165, 1.54) is 11.1 Å². The maximum absolute atomic E-state index is 5.80. The molecule has 0 fully saturated rings. The van der Waals surface area contributed by atoms with Crippen LogP contribution >= 0.6 is 0 Å². The third kappa shape index (κ3) is 4.21. The van der Waals surface area contributed by atoms with Crippen molar-refractivity contribution in [3.8, 4) is 5.75 Å². The maximum atomic E-state index is 5.80. The Labute approximate surface area is 112 Å². The minimum atomic E-state index is 0.284. The topological polar surface area (TPSA) is 9.23 Å². The van der Waals surface area contributed by atoms with E-state index in [-0.39, 0.29) is 6.10 Å². The molecule has 1 atom stereocenters. The minimum Gasteiger partial charge on any atom is -0.491 e. The standard InChI is InChI=1S/C17H26O/c1-6-8-17(13(3)4)15-9-11-16(12-10-15)18-14(5)7-2/h8-14H,6-7H2,1-5H3. The molecular formula is C17H26O. The van der Waals surface area contributed by atoms with Crippen LogP contribution < -0.4 is 4.74 Å². The van der Waals surface area contributed by atoms with Gasteiger partial charge in [-0.05, 0) is 49.0 Å². The predicted octanol–water partition coefficient (Wildman–Crippen LogP) is 5.31. The molecule has 0 radical (unpaired) electrons. The van der Waals surface area contributed by atoms with E-state index >= 15 is 0 Å². The van der Waals surface area contributed by atoms with Crippen LogP contribution in [0, 0.1) is 5.92 Å². The Morgan fingerprint density at radius 3 is 2.17 bits per heavy atom. The Hall–Kier alpha value is -1.24. The fourth-order valence-electron chi connectivity index (χ4n) is 1.95. The highest BCUT2D eigenvalue weighted by Crippen LogP contribution is 2.26. The summed E-state index contributed by atoms with van der Waals surface area (Å²) >= 11 is 0. The first-order chi connectivity index (χ1) is 8.58. The first-order valence-electron chi connectivity index (χ1n) is 7.05. The van der Waals surface area contributed by atoms with Crippen molar-refractivity contribution >= 4 is 5.57 Å². The van der Waals surface area contributed by atoms with E-state index < -0.39 is 0 Å². The van der Waals surface area contributed by atoms with Crippen molar-refractivity contribution in [2.24, 2.45) is 5.92 Å². The fourth-order valence-corrected chi connectivity index (χ4v) is 1.95. The van der Waals surface area contributed by atoms with Crippen LogP contribution in [-0.2, 0) is 0 Å². The highest BCUT2D eigenvalue weighted by atomic mass is 16.5. The van der Waals surface area contributed by atoms with E-state index in [4.69, 9.17) is 4.74 Å². The van der Waals surface area contributed by atoms with Gasteiger partial charge in [0.1, 0.15) is 5.75 Å². The number of ether oxygens (including phenoxy) is 1. The second-order valence-electron chi connectivity index (χ2n) is 5.08. The molecule has 0 amide bonds. The molecule has 1 unspecified atom stereocenters. The first kappa shape index (κ1) is 14.8. The molecule has 1 heteroatoms. The Morgan fingerprint density at radius 2 is 1.72 bits per heavy atom. The zero-order chi connectivity index (χ0) is 13.5. The Bertz CT molecular complexity index is 373. The zero-order valence-electron chi connectivity index (χ0n) is 12.4. The third-order valence-corrected chi connectivity index (χ3v) is 3.15. The van der Waals surface area contributed by atoms with Crippen molar-refractivity contribution in [1.29, 1.82) is 0 Å². The maximum Gasteiger partial charge on any atom is 0.119 e. The summed E-state index contributed by atoms with van der Waals surface area (Å²) in [5.74, 6) is 1.53. The van der Waals surface area contributed by atoms with Crippen LogP contribution in [0.2, 0.25) is 0 Å². The summed E-state index contributed by atoms with van der Waals surface area (Å²) in [6, 6.07) is 8.49. The van der Waals surface area contributed by atoms with Gasteiger partial charge < -0.3 is 4.74 Å². The molecule has 0 N–H and O–H groups in total. The van der Waals surface area contributed by atoms with Gasteiger partial charge in [0.2, 0.25) is 0 Å². The molecule has 0 saturated carbocycles. The molecule has 0 heterocycles. The van der Waals surface area contributed by atoms with Crippen molar-refractivity contribution in [2.75, 3.05) is 0 Å². The van der Waals surface area contributed by atoms with Crippen molar-refractivity contribution in [2.45, 2.75) is 53.6 Å². The summed E-state index contributed by atoms with van der Waals surface area (Å²) in [5, 5.41) is 0. The molecule has 1 aromatic rings. The number of benzene rings is 1. The van der Waals surface area contributed by atoms with Crippen molar-refractivity contribution in [1.82, 2.24) is 0 Å². The summed E-state index contributed by atoms with van der Waals surface area (Å²) < 4.78 is 5.80. The minimum absolute atomic E-state index is 0.284. The summed E-state index contributed by atoms with van der Waals surface area (Å²) in [6.45, 7) is 10.9. The average molecular weight is 246 g/mol. The molecule has 0 aliphatic heterocycles. The summed E-state index contributed by atoms with van der Waals surface area (Å²) in [5.41, 5.74) is 2.73. The molecule has 0 aliphatic rings. The second kappa shape index (κ2) is 7.25. The highest BCUT2D eigenvalue weighted by Gasteiger charge is 2.07. The molecule has 0 aliphatic carbocycles. The molecule has 1 aromatic carbocycles. The summed E-state index contributed by atoms with van der Waals surface area (Å²) in [6.07, 6.45) is 4.72. The molecule has 1 rings (SSSR count). The fraction of sp³-hybridized carbons (Fsp3) is 0.529. The number of allylic oxidation sites excluding steroid dienone is 2. The summed E-state index contributed by atoms with van der Waals surface area (Å²) in [4.78, 5) is 0. The van der Waals surface area contributed by atoms with Crippen LogP contribution in [0.4, 0.5) is 0 Å². The lowest BCUT2D eigenvalue weighted by atomic mass is 9.94. The lowest BCUT2D eigenvalue weighted by molar-refractivity contribution is 0.217. The molecule has 0 aromatic heterocycles. The molecular weight excluding hydrogens is 220 g/mol. The van der Waals surface area contributed by atoms with Crippen LogP contribution in [0.15, 0.2) is 30.3 Å². The third-order valence-electron chi connectivity index (χ3n) is 3.15. The Morgan fingerprint density at radius 1 is 1.11 bits per heavy atom. The van der Waals surface area contributed by atoms with Gasteiger partial charge >= 0.3 is 0 Å². The largest absolute Gasteiger partial charge is 0.491 e. The van der Waals surface area contributed by atoms with E-state index in [0.717, 1.165) is 18.6 Å². The monoisotopic (exact) mass is 246 g/mol. The predicted molar refractivity (Wildman–Crippen MR) is 79.9 cm³/mol. The number of hydrogen-bond donors (Lipinski definition) is 0. The van der Waals surface area contributed by atoms with Gasteiger partial charge in [0, 0.05) is 0 Å². The lowest BCUT2D eigenvalue weighted by Gasteiger charge is -2.15. The molecule has 1 nitrogen and oxygen atoms in total. The SMILES string of the molecule is CCC=C(c1ccc(OC(C)CC)cc1)C(C)C. The van der Waals surface area contributed by atoms with E-state index in [2.05, 4.69) is 65.0 Å². The van der Waals surface area contributed by atoms with Gasteiger partial charge in [-0.1, -0.05) is 45.9 Å². The molecule has 18 heavy (non-hydrogen) atoms. The number of hydrogen-bond acceptors (Lipinski definition) is 1. The smallest absolute Gasteiger partial charge is 0.119 e. The van der Waals surface area contributed by atoms with Gasteiger partial charge in [-0.2, -0.15) is 0 Å². The Balaban J connectivity index is 2.84.